The summed E-state index contributed by atoms with van der Waals surface area (Å²) in [5.74, 6) is 1.25. The third-order valence-electron chi connectivity index (χ3n) is 3.41. The van der Waals surface area contributed by atoms with E-state index in [2.05, 4.69) is 6.92 Å². The Kier molecular flexibility index (Phi) is 6.02. The summed E-state index contributed by atoms with van der Waals surface area (Å²) in [6.45, 7) is 8.68. The molecule has 0 radical (unpaired) electrons. The summed E-state index contributed by atoms with van der Waals surface area (Å²) < 4.78 is 11.8. The van der Waals surface area contributed by atoms with Crippen molar-refractivity contribution in [2.75, 3.05) is 6.61 Å². The molecule has 0 heterocycles. The Morgan fingerprint density at radius 3 is 2.38 bits per heavy atom. The molecule has 0 aromatic heterocycles. The predicted octanol–water partition coefficient (Wildman–Crippen LogP) is 5.27. The molecule has 128 valence electrons. The van der Waals surface area contributed by atoms with Crippen LogP contribution in [0.1, 0.15) is 56.5 Å². The van der Waals surface area contributed by atoms with Crippen LogP contribution in [0.2, 0.25) is 0 Å². The average molecular weight is 326 g/mol. The van der Waals surface area contributed by atoms with Gasteiger partial charge in [-0.3, -0.25) is 4.79 Å². The van der Waals surface area contributed by atoms with Gasteiger partial charge in [-0.05, 0) is 39.3 Å². The number of carbonyl (C=O) groups is 1. The summed E-state index contributed by atoms with van der Waals surface area (Å²) in [6, 6.07) is 14.7. The molecular weight excluding hydrogens is 300 g/mol. The summed E-state index contributed by atoms with van der Waals surface area (Å²) in [6.07, 6.45) is 1.99. The van der Waals surface area contributed by atoms with E-state index in [0.29, 0.717) is 29.2 Å². The molecule has 0 fully saturated rings. The van der Waals surface area contributed by atoms with Crippen molar-refractivity contribution < 1.29 is 14.3 Å². The van der Waals surface area contributed by atoms with E-state index in [1.165, 1.54) is 0 Å². The van der Waals surface area contributed by atoms with E-state index >= 15 is 0 Å². The van der Waals surface area contributed by atoms with E-state index in [0.717, 1.165) is 12.8 Å². The van der Waals surface area contributed by atoms with Crippen molar-refractivity contribution >= 4 is 5.78 Å². The Balaban J connectivity index is 2.33. The average Bonchev–Trinajstić information content (AvgIpc) is 2.54. The molecule has 2 aromatic carbocycles. The summed E-state index contributed by atoms with van der Waals surface area (Å²) in [4.78, 5) is 12.8. The molecule has 2 aromatic rings. The molecule has 24 heavy (non-hydrogen) atoms. The van der Waals surface area contributed by atoms with Gasteiger partial charge in [-0.2, -0.15) is 0 Å². The molecule has 0 aliphatic carbocycles. The molecule has 0 amide bonds. The lowest BCUT2D eigenvalue weighted by atomic mass is 10.0. The maximum atomic E-state index is 12.8. The second-order valence-electron chi connectivity index (χ2n) is 6.77. The number of carbonyl (C=O) groups excluding carboxylic acids is 1. The third-order valence-corrected chi connectivity index (χ3v) is 3.41. The zero-order valence-electron chi connectivity index (χ0n) is 15.0. The summed E-state index contributed by atoms with van der Waals surface area (Å²) >= 11 is 0. The first-order valence-electron chi connectivity index (χ1n) is 8.46. The zero-order valence-corrected chi connectivity index (χ0v) is 15.0. The number of hydrogen-bond acceptors (Lipinski definition) is 3. The van der Waals surface area contributed by atoms with E-state index < -0.39 is 0 Å². The quantitative estimate of drug-likeness (QED) is 0.513. The molecule has 2 rings (SSSR count). The van der Waals surface area contributed by atoms with Gasteiger partial charge in [0, 0.05) is 11.6 Å². The Morgan fingerprint density at radius 2 is 1.75 bits per heavy atom. The van der Waals surface area contributed by atoms with E-state index in [-0.39, 0.29) is 11.4 Å². The second-order valence-corrected chi connectivity index (χ2v) is 6.77. The maximum absolute atomic E-state index is 12.8. The van der Waals surface area contributed by atoms with Gasteiger partial charge in [-0.15, -0.1) is 0 Å². The summed E-state index contributed by atoms with van der Waals surface area (Å²) in [5, 5.41) is 0. The van der Waals surface area contributed by atoms with Gasteiger partial charge in [-0.1, -0.05) is 43.7 Å². The van der Waals surface area contributed by atoms with Crippen LogP contribution in [0.3, 0.4) is 0 Å². The lowest BCUT2D eigenvalue weighted by Crippen LogP contribution is -2.23. The van der Waals surface area contributed by atoms with Crippen LogP contribution >= 0.6 is 0 Å². The highest BCUT2D eigenvalue weighted by molar-refractivity contribution is 6.10. The van der Waals surface area contributed by atoms with Crippen molar-refractivity contribution in [2.45, 2.75) is 46.1 Å². The molecule has 3 nitrogen and oxygen atoms in total. The first kappa shape index (κ1) is 18.1. The SMILES string of the molecule is CCCCOc1cc(OC(C)(C)C)ccc1C(=O)c1ccccc1. The first-order valence-corrected chi connectivity index (χ1v) is 8.46. The van der Waals surface area contributed by atoms with Gasteiger partial charge in [0.1, 0.15) is 17.1 Å². The van der Waals surface area contributed by atoms with Gasteiger partial charge in [0.2, 0.25) is 0 Å². The molecule has 0 spiro atoms. The van der Waals surface area contributed by atoms with E-state index in [9.17, 15) is 4.79 Å². The van der Waals surface area contributed by atoms with Crippen molar-refractivity contribution in [3.05, 3.63) is 59.7 Å². The van der Waals surface area contributed by atoms with Crippen molar-refractivity contribution in [2.24, 2.45) is 0 Å². The summed E-state index contributed by atoms with van der Waals surface area (Å²) in [5.41, 5.74) is 0.923. The number of ketones is 1. The zero-order chi connectivity index (χ0) is 17.6. The van der Waals surface area contributed by atoms with Crippen molar-refractivity contribution in [1.82, 2.24) is 0 Å². The van der Waals surface area contributed by atoms with Gasteiger partial charge in [0.15, 0.2) is 5.78 Å². The van der Waals surface area contributed by atoms with Crippen molar-refractivity contribution in [3.8, 4) is 11.5 Å². The van der Waals surface area contributed by atoms with Gasteiger partial charge >= 0.3 is 0 Å². The number of unbranched alkanes of at least 4 members (excludes halogenated alkanes) is 1. The molecule has 3 heteroatoms. The Hall–Kier alpha value is -2.29. The molecule has 0 saturated carbocycles. The fourth-order valence-electron chi connectivity index (χ4n) is 2.30. The van der Waals surface area contributed by atoms with Crippen molar-refractivity contribution in [1.29, 1.82) is 0 Å². The number of ether oxygens (including phenoxy) is 2. The minimum Gasteiger partial charge on any atom is -0.493 e. The number of rotatable bonds is 7. The standard InChI is InChI=1S/C21H26O3/c1-5-6-14-23-19-15-17(24-21(2,3)4)12-13-18(19)20(22)16-10-8-7-9-11-16/h7-13,15H,5-6,14H2,1-4H3. The number of benzene rings is 2. The molecule has 0 aliphatic rings. The minimum atomic E-state index is -0.300. The lowest BCUT2D eigenvalue weighted by molar-refractivity contribution is 0.103. The number of hydrogen-bond donors (Lipinski definition) is 0. The van der Waals surface area contributed by atoms with Gasteiger partial charge in [-0.25, -0.2) is 0 Å². The third kappa shape index (κ3) is 5.12. The molecule has 0 bridgehead atoms. The van der Waals surface area contributed by atoms with Crippen LogP contribution in [0.15, 0.2) is 48.5 Å². The molecule has 0 unspecified atom stereocenters. The van der Waals surface area contributed by atoms with Gasteiger partial charge < -0.3 is 9.47 Å². The van der Waals surface area contributed by atoms with Gasteiger partial charge in [0.05, 0.1) is 12.2 Å². The maximum Gasteiger partial charge on any atom is 0.196 e. The van der Waals surface area contributed by atoms with Gasteiger partial charge in [0.25, 0.3) is 0 Å². The van der Waals surface area contributed by atoms with E-state index in [1.807, 2.05) is 63.2 Å². The normalized spacial score (nSPS) is 11.2. The molecule has 0 aliphatic heterocycles. The highest BCUT2D eigenvalue weighted by Crippen LogP contribution is 2.29. The summed E-state index contributed by atoms with van der Waals surface area (Å²) in [7, 11) is 0. The molecule has 0 atom stereocenters. The Labute approximate surface area is 144 Å². The van der Waals surface area contributed by atoms with Crippen LogP contribution < -0.4 is 9.47 Å². The van der Waals surface area contributed by atoms with Crippen molar-refractivity contribution in [3.63, 3.8) is 0 Å². The van der Waals surface area contributed by atoms with Crippen LogP contribution in [0.4, 0.5) is 0 Å². The van der Waals surface area contributed by atoms with Crippen LogP contribution in [-0.4, -0.2) is 18.0 Å². The van der Waals surface area contributed by atoms with E-state index in [1.54, 1.807) is 6.07 Å². The fraction of sp³-hybridized carbons (Fsp3) is 0.381. The topological polar surface area (TPSA) is 35.5 Å². The van der Waals surface area contributed by atoms with E-state index in [4.69, 9.17) is 9.47 Å². The minimum absolute atomic E-state index is 0.0376. The first-order chi connectivity index (χ1) is 11.4. The smallest absolute Gasteiger partial charge is 0.196 e. The van der Waals surface area contributed by atoms with Crippen LogP contribution in [-0.2, 0) is 0 Å². The Morgan fingerprint density at radius 1 is 1.04 bits per heavy atom. The largest absolute Gasteiger partial charge is 0.493 e. The monoisotopic (exact) mass is 326 g/mol. The molecule has 0 saturated heterocycles. The predicted molar refractivity (Wildman–Crippen MR) is 97.1 cm³/mol. The van der Waals surface area contributed by atoms with Crippen LogP contribution in [0.5, 0.6) is 11.5 Å². The lowest BCUT2D eigenvalue weighted by Gasteiger charge is -2.22. The highest BCUT2D eigenvalue weighted by Gasteiger charge is 2.18. The van der Waals surface area contributed by atoms with Crippen LogP contribution in [0.25, 0.3) is 0 Å². The highest BCUT2D eigenvalue weighted by atomic mass is 16.5. The second kappa shape index (κ2) is 8.00. The van der Waals surface area contributed by atoms with Crippen LogP contribution in [0, 0.1) is 0 Å². The fourth-order valence-corrected chi connectivity index (χ4v) is 2.30. The molecule has 0 N–H and O–H groups in total. The molecular formula is C21H26O3. The Bertz CT molecular complexity index is 669.